The number of benzene rings is 2. The Morgan fingerprint density at radius 1 is 0.913 bits per heavy atom. The van der Waals surface area contributed by atoms with Crippen LogP contribution in [-0.2, 0) is 22.6 Å². The lowest BCUT2D eigenvalue weighted by molar-refractivity contribution is -0.139. The maximum atomic E-state index is 11.5. The van der Waals surface area contributed by atoms with Gasteiger partial charge in [0.1, 0.15) is 6.61 Å². The van der Waals surface area contributed by atoms with Gasteiger partial charge in [-0.3, -0.25) is 4.79 Å². The van der Waals surface area contributed by atoms with Crippen LogP contribution in [0, 0.1) is 0 Å². The fourth-order valence-electron chi connectivity index (χ4n) is 2.20. The molecule has 0 fully saturated rings. The molecule has 0 radical (unpaired) electrons. The van der Waals surface area contributed by atoms with Crippen LogP contribution in [0.1, 0.15) is 11.1 Å². The van der Waals surface area contributed by atoms with E-state index in [0.29, 0.717) is 29.4 Å². The highest BCUT2D eigenvalue weighted by Crippen LogP contribution is 2.40. The van der Waals surface area contributed by atoms with Gasteiger partial charge in [-0.1, -0.05) is 36.4 Å². The molecule has 23 heavy (non-hydrogen) atoms. The van der Waals surface area contributed by atoms with E-state index < -0.39 is 0 Å². The van der Waals surface area contributed by atoms with E-state index >= 15 is 0 Å². The first-order valence-corrected chi connectivity index (χ1v) is 7.17. The van der Waals surface area contributed by atoms with Gasteiger partial charge in [-0.05, 0) is 11.6 Å². The van der Waals surface area contributed by atoms with Gasteiger partial charge >= 0.3 is 5.97 Å². The van der Waals surface area contributed by atoms with Crippen LogP contribution in [-0.4, -0.2) is 27.3 Å². The van der Waals surface area contributed by atoms with Gasteiger partial charge in [-0.25, -0.2) is 0 Å². The SMILES string of the molecule is COC(=O)Cc1ccc(OC)c(OCc2ccccc2)c1OC. The first kappa shape index (κ1) is 16.7. The van der Waals surface area contributed by atoms with Crippen molar-refractivity contribution >= 4 is 5.97 Å². The second-order valence-electron chi connectivity index (χ2n) is 4.82. The minimum absolute atomic E-state index is 0.103. The van der Waals surface area contributed by atoms with E-state index in [0.717, 1.165) is 5.56 Å². The molecule has 2 aromatic rings. The predicted molar refractivity (Wildman–Crippen MR) is 86.0 cm³/mol. The molecule has 0 amide bonds. The van der Waals surface area contributed by atoms with Crippen LogP contribution < -0.4 is 14.2 Å². The second kappa shape index (κ2) is 8.08. The van der Waals surface area contributed by atoms with E-state index in [2.05, 4.69) is 0 Å². The summed E-state index contributed by atoms with van der Waals surface area (Å²) in [6, 6.07) is 13.3. The van der Waals surface area contributed by atoms with Crippen molar-refractivity contribution in [1.29, 1.82) is 0 Å². The number of methoxy groups -OCH3 is 3. The Labute approximate surface area is 135 Å². The van der Waals surface area contributed by atoms with Gasteiger partial charge in [-0.2, -0.15) is 0 Å². The zero-order valence-electron chi connectivity index (χ0n) is 13.5. The van der Waals surface area contributed by atoms with Crippen LogP contribution in [0.25, 0.3) is 0 Å². The van der Waals surface area contributed by atoms with Gasteiger partial charge in [-0.15, -0.1) is 0 Å². The minimum atomic E-state index is -0.345. The second-order valence-corrected chi connectivity index (χ2v) is 4.82. The Kier molecular flexibility index (Phi) is 5.86. The lowest BCUT2D eigenvalue weighted by atomic mass is 10.1. The van der Waals surface area contributed by atoms with E-state index in [9.17, 15) is 4.79 Å². The summed E-state index contributed by atoms with van der Waals surface area (Å²) in [5, 5.41) is 0. The van der Waals surface area contributed by atoms with Crippen LogP contribution in [0.2, 0.25) is 0 Å². The summed E-state index contributed by atoms with van der Waals surface area (Å²) in [5.74, 6) is 1.15. The van der Waals surface area contributed by atoms with E-state index in [1.54, 1.807) is 19.2 Å². The fraction of sp³-hybridized carbons (Fsp3) is 0.278. The average molecular weight is 316 g/mol. The van der Waals surface area contributed by atoms with Crippen molar-refractivity contribution in [3.63, 3.8) is 0 Å². The number of carbonyl (C=O) groups is 1. The highest BCUT2D eigenvalue weighted by molar-refractivity contribution is 5.74. The summed E-state index contributed by atoms with van der Waals surface area (Å²) in [6.07, 6.45) is 0.103. The van der Waals surface area contributed by atoms with Crippen molar-refractivity contribution in [2.75, 3.05) is 21.3 Å². The van der Waals surface area contributed by atoms with Crippen LogP contribution in [0.4, 0.5) is 0 Å². The molecule has 5 heteroatoms. The predicted octanol–water partition coefficient (Wildman–Crippen LogP) is 3.00. The monoisotopic (exact) mass is 316 g/mol. The highest BCUT2D eigenvalue weighted by atomic mass is 16.5. The quantitative estimate of drug-likeness (QED) is 0.735. The number of rotatable bonds is 7. The van der Waals surface area contributed by atoms with Crippen LogP contribution in [0.5, 0.6) is 17.2 Å². The molecule has 0 aromatic heterocycles. The number of carbonyl (C=O) groups excluding carboxylic acids is 1. The van der Waals surface area contributed by atoms with Gasteiger partial charge in [0.15, 0.2) is 11.5 Å². The zero-order valence-corrected chi connectivity index (χ0v) is 13.5. The van der Waals surface area contributed by atoms with E-state index in [1.165, 1.54) is 14.2 Å². The lowest BCUT2D eigenvalue weighted by Gasteiger charge is -2.17. The Morgan fingerprint density at radius 3 is 2.26 bits per heavy atom. The molecular formula is C18H20O5. The molecule has 5 nitrogen and oxygen atoms in total. The maximum Gasteiger partial charge on any atom is 0.310 e. The van der Waals surface area contributed by atoms with E-state index in [4.69, 9.17) is 18.9 Å². The molecule has 0 spiro atoms. The molecule has 0 saturated heterocycles. The Morgan fingerprint density at radius 2 is 1.65 bits per heavy atom. The van der Waals surface area contributed by atoms with Crippen LogP contribution >= 0.6 is 0 Å². The van der Waals surface area contributed by atoms with Crippen molar-refractivity contribution in [2.24, 2.45) is 0 Å². The molecule has 2 rings (SSSR count). The van der Waals surface area contributed by atoms with Gasteiger partial charge in [0.2, 0.25) is 5.75 Å². The molecule has 0 aliphatic heterocycles. The third-order valence-corrected chi connectivity index (χ3v) is 3.37. The molecule has 122 valence electrons. The van der Waals surface area contributed by atoms with Gasteiger partial charge in [0, 0.05) is 5.56 Å². The summed E-state index contributed by atoms with van der Waals surface area (Å²) < 4.78 is 21.4. The number of hydrogen-bond donors (Lipinski definition) is 0. The summed E-state index contributed by atoms with van der Waals surface area (Å²) in [4.78, 5) is 11.5. The van der Waals surface area contributed by atoms with Crippen molar-refractivity contribution in [2.45, 2.75) is 13.0 Å². The summed E-state index contributed by atoms with van der Waals surface area (Å²) in [6.45, 7) is 0.370. The molecule has 0 aliphatic rings. The molecule has 0 N–H and O–H groups in total. The highest BCUT2D eigenvalue weighted by Gasteiger charge is 2.19. The van der Waals surface area contributed by atoms with Gasteiger partial charge < -0.3 is 18.9 Å². The summed E-state index contributed by atoms with van der Waals surface area (Å²) in [5.41, 5.74) is 1.71. The first-order chi connectivity index (χ1) is 11.2. The molecular weight excluding hydrogens is 296 g/mol. The van der Waals surface area contributed by atoms with Crippen molar-refractivity contribution in [1.82, 2.24) is 0 Å². The minimum Gasteiger partial charge on any atom is -0.493 e. The molecule has 0 bridgehead atoms. The van der Waals surface area contributed by atoms with Gasteiger partial charge in [0.05, 0.1) is 27.8 Å². The van der Waals surface area contributed by atoms with Crippen LogP contribution in [0.3, 0.4) is 0 Å². The van der Waals surface area contributed by atoms with Crippen LogP contribution in [0.15, 0.2) is 42.5 Å². The lowest BCUT2D eigenvalue weighted by Crippen LogP contribution is -2.08. The molecule has 0 heterocycles. The smallest absolute Gasteiger partial charge is 0.310 e. The third-order valence-electron chi connectivity index (χ3n) is 3.37. The van der Waals surface area contributed by atoms with Crippen molar-refractivity contribution in [3.05, 3.63) is 53.6 Å². The van der Waals surface area contributed by atoms with Crippen molar-refractivity contribution < 1.29 is 23.7 Å². The van der Waals surface area contributed by atoms with Gasteiger partial charge in [0.25, 0.3) is 0 Å². The number of hydrogen-bond acceptors (Lipinski definition) is 5. The van der Waals surface area contributed by atoms with Crippen molar-refractivity contribution in [3.8, 4) is 17.2 Å². The van der Waals surface area contributed by atoms with E-state index in [1.807, 2.05) is 30.3 Å². The Hall–Kier alpha value is -2.69. The fourth-order valence-corrected chi connectivity index (χ4v) is 2.20. The van der Waals surface area contributed by atoms with E-state index in [-0.39, 0.29) is 12.4 Å². The Bertz CT molecular complexity index is 652. The third kappa shape index (κ3) is 4.16. The average Bonchev–Trinajstić information content (AvgIpc) is 2.60. The molecule has 2 aromatic carbocycles. The number of esters is 1. The molecule has 0 unspecified atom stereocenters. The first-order valence-electron chi connectivity index (χ1n) is 7.17. The maximum absolute atomic E-state index is 11.5. The standard InChI is InChI=1S/C18H20O5/c1-20-15-10-9-14(11-16(19)21-2)17(22-3)18(15)23-12-13-7-5-4-6-8-13/h4-10H,11-12H2,1-3H3. The normalized spacial score (nSPS) is 10.0. The summed E-state index contributed by atoms with van der Waals surface area (Å²) >= 11 is 0. The molecule has 0 saturated carbocycles. The Balaban J connectivity index is 2.30. The topological polar surface area (TPSA) is 54.0 Å². The molecule has 0 aliphatic carbocycles. The summed E-state index contributed by atoms with van der Waals surface area (Å²) in [7, 11) is 4.44. The molecule has 0 atom stereocenters. The largest absolute Gasteiger partial charge is 0.493 e. The zero-order chi connectivity index (χ0) is 16.7. The number of ether oxygens (including phenoxy) is 4.